The van der Waals surface area contributed by atoms with Crippen molar-refractivity contribution in [2.75, 3.05) is 5.33 Å². The van der Waals surface area contributed by atoms with Gasteiger partial charge in [0.15, 0.2) is 0 Å². The third-order valence-corrected chi connectivity index (χ3v) is 4.22. The van der Waals surface area contributed by atoms with Crippen molar-refractivity contribution in [3.05, 3.63) is 34.9 Å². The van der Waals surface area contributed by atoms with E-state index in [9.17, 15) is 4.79 Å². The average molecular weight is 354 g/mol. The van der Waals surface area contributed by atoms with E-state index >= 15 is 0 Å². The molecule has 1 unspecified atom stereocenters. The van der Waals surface area contributed by atoms with Gasteiger partial charge in [0.1, 0.15) is 10.4 Å². The Morgan fingerprint density at radius 1 is 1.39 bits per heavy atom. The van der Waals surface area contributed by atoms with Crippen LogP contribution >= 0.6 is 39.1 Å². The zero-order valence-electron chi connectivity index (χ0n) is 10.3. The monoisotopic (exact) mass is 352 g/mol. The minimum Gasteiger partial charge on any atom is -0.455 e. The fraction of sp³-hybridized carbons (Fsp3) is 0.462. The molecule has 0 fully saturated rings. The molecular weight excluding hydrogens is 339 g/mol. The van der Waals surface area contributed by atoms with Gasteiger partial charge in [-0.2, -0.15) is 0 Å². The van der Waals surface area contributed by atoms with E-state index in [2.05, 4.69) is 15.9 Å². The number of benzene rings is 1. The number of hydrogen-bond acceptors (Lipinski definition) is 2. The first kappa shape index (κ1) is 15.8. The van der Waals surface area contributed by atoms with E-state index in [4.69, 9.17) is 27.9 Å². The largest absolute Gasteiger partial charge is 0.455 e. The predicted octanol–water partition coefficient (Wildman–Crippen LogP) is 4.26. The van der Waals surface area contributed by atoms with Crippen molar-refractivity contribution < 1.29 is 9.53 Å². The third-order valence-electron chi connectivity index (χ3n) is 3.01. The lowest BCUT2D eigenvalue weighted by molar-refractivity contribution is -0.142. The van der Waals surface area contributed by atoms with E-state index in [1.165, 1.54) is 5.56 Å². The van der Waals surface area contributed by atoms with Gasteiger partial charge in [-0.25, -0.2) is 0 Å². The molecule has 1 aromatic carbocycles. The van der Waals surface area contributed by atoms with Gasteiger partial charge < -0.3 is 4.74 Å². The van der Waals surface area contributed by atoms with Gasteiger partial charge in [-0.3, -0.25) is 4.79 Å². The summed E-state index contributed by atoms with van der Waals surface area (Å²) in [6.45, 7) is 4.48. The number of alkyl halides is 3. The molecule has 0 saturated heterocycles. The Labute approximate surface area is 126 Å². The van der Waals surface area contributed by atoms with Crippen LogP contribution in [0.2, 0.25) is 0 Å². The number of halogens is 3. The molecule has 100 valence electrons. The maximum atomic E-state index is 10.8. The highest BCUT2D eigenvalue weighted by atomic mass is 79.9. The third kappa shape index (κ3) is 3.62. The molecule has 1 aromatic rings. The normalized spacial score (nSPS) is 14.3. The molecule has 2 nitrogen and oxygen atoms in total. The molecule has 0 amide bonds. The molecule has 0 aromatic heterocycles. The van der Waals surface area contributed by atoms with Crippen molar-refractivity contribution in [2.45, 2.75) is 30.7 Å². The Morgan fingerprint density at radius 3 is 2.50 bits per heavy atom. The van der Waals surface area contributed by atoms with E-state index in [1.807, 2.05) is 32.0 Å². The molecule has 0 aliphatic carbocycles. The SMILES string of the molecule is Cc1ccc(C(CBr)(CC(Cl)Cl)OC=O)cc1C. The maximum absolute atomic E-state index is 10.8. The summed E-state index contributed by atoms with van der Waals surface area (Å²) in [7, 11) is 0. The summed E-state index contributed by atoms with van der Waals surface area (Å²) in [6, 6.07) is 5.92. The van der Waals surface area contributed by atoms with Crippen molar-refractivity contribution in [3.63, 3.8) is 0 Å². The topological polar surface area (TPSA) is 26.3 Å². The van der Waals surface area contributed by atoms with Crippen LogP contribution in [0.1, 0.15) is 23.1 Å². The van der Waals surface area contributed by atoms with Gasteiger partial charge in [0.05, 0.1) is 0 Å². The van der Waals surface area contributed by atoms with Crippen LogP contribution in [-0.4, -0.2) is 16.6 Å². The van der Waals surface area contributed by atoms with Crippen LogP contribution in [0, 0.1) is 13.8 Å². The molecule has 0 radical (unpaired) electrons. The molecule has 1 rings (SSSR count). The standard InChI is InChI=1S/C13H15BrCl2O2/c1-9-3-4-11(5-10(9)2)13(7-14,18-8-17)6-12(15)16/h3-5,8,12H,6-7H2,1-2H3. The van der Waals surface area contributed by atoms with Crippen LogP contribution < -0.4 is 0 Å². The quantitative estimate of drug-likeness (QED) is 0.564. The Bertz CT molecular complexity index is 423. The molecule has 5 heteroatoms. The number of carbonyl (C=O) groups excluding carboxylic acids is 1. The summed E-state index contributed by atoms with van der Waals surface area (Å²) in [6.07, 6.45) is 0.336. The van der Waals surface area contributed by atoms with Crippen molar-refractivity contribution in [3.8, 4) is 0 Å². The molecule has 0 aliphatic heterocycles. The van der Waals surface area contributed by atoms with Gasteiger partial charge in [0.2, 0.25) is 0 Å². The van der Waals surface area contributed by atoms with Gasteiger partial charge in [0, 0.05) is 11.8 Å². The Hall–Kier alpha value is -0.250. The first-order valence-corrected chi connectivity index (χ1v) is 7.48. The van der Waals surface area contributed by atoms with Gasteiger partial charge in [-0.15, -0.1) is 23.2 Å². The summed E-state index contributed by atoms with van der Waals surface area (Å²) in [5.41, 5.74) is 2.38. The molecular formula is C13H15BrCl2O2. The second kappa shape index (κ2) is 6.78. The van der Waals surface area contributed by atoms with Crippen LogP contribution in [0.5, 0.6) is 0 Å². The highest BCUT2D eigenvalue weighted by molar-refractivity contribution is 9.09. The first-order chi connectivity index (χ1) is 8.45. The summed E-state index contributed by atoms with van der Waals surface area (Å²) in [5, 5.41) is 0.442. The van der Waals surface area contributed by atoms with Gasteiger partial charge in [0.25, 0.3) is 6.47 Å². The van der Waals surface area contributed by atoms with E-state index in [0.717, 1.165) is 11.1 Å². The van der Waals surface area contributed by atoms with Crippen molar-refractivity contribution in [1.29, 1.82) is 0 Å². The molecule has 0 saturated carbocycles. The lowest BCUT2D eigenvalue weighted by Crippen LogP contribution is -2.33. The van der Waals surface area contributed by atoms with Crippen LogP contribution in [0.25, 0.3) is 0 Å². The highest BCUT2D eigenvalue weighted by Crippen LogP contribution is 2.35. The lowest BCUT2D eigenvalue weighted by atomic mass is 9.90. The Balaban J connectivity index is 3.22. The van der Waals surface area contributed by atoms with Crippen LogP contribution in [0.3, 0.4) is 0 Å². The number of ether oxygens (including phenoxy) is 1. The van der Waals surface area contributed by atoms with Crippen molar-refractivity contribution in [2.24, 2.45) is 0 Å². The lowest BCUT2D eigenvalue weighted by Gasteiger charge is -2.31. The second-order valence-electron chi connectivity index (χ2n) is 4.24. The fourth-order valence-corrected chi connectivity index (χ4v) is 2.95. The number of hydrogen-bond donors (Lipinski definition) is 0. The minimum absolute atomic E-state index is 0.336. The summed E-state index contributed by atoms with van der Waals surface area (Å²) in [4.78, 5) is 10.1. The zero-order chi connectivity index (χ0) is 13.8. The summed E-state index contributed by atoms with van der Waals surface area (Å²) in [5.74, 6) is 0. The van der Waals surface area contributed by atoms with E-state index in [0.29, 0.717) is 18.2 Å². The molecule has 0 N–H and O–H groups in total. The molecule has 18 heavy (non-hydrogen) atoms. The Morgan fingerprint density at radius 2 is 2.06 bits per heavy atom. The van der Waals surface area contributed by atoms with Crippen molar-refractivity contribution in [1.82, 2.24) is 0 Å². The number of rotatable bonds is 6. The smallest absolute Gasteiger partial charge is 0.294 e. The van der Waals surface area contributed by atoms with Crippen LogP contribution in [-0.2, 0) is 15.1 Å². The number of aryl methyl sites for hydroxylation is 2. The summed E-state index contributed by atoms with van der Waals surface area (Å²) >= 11 is 15.1. The van der Waals surface area contributed by atoms with Crippen LogP contribution in [0.4, 0.5) is 0 Å². The molecule has 0 heterocycles. The first-order valence-electron chi connectivity index (χ1n) is 5.48. The molecule has 0 aliphatic rings. The van der Waals surface area contributed by atoms with E-state index in [-0.39, 0.29) is 0 Å². The molecule has 0 bridgehead atoms. The molecule has 0 spiro atoms. The van der Waals surface area contributed by atoms with Gasteiger partial charge in [-0.1, -0.05) is 34.1 Å². The van der Waals surface area contributed by atoms with Gasteiger partial charge in [-0.05, 0) is 30.5 Å². The maximum Gasteiger partial charge on any atom is 0.294 e. The Kier molecular flexibility index (Phi) is 5.96. The van der Waals surface area contributed by atoms with E-state index < -0.39 is 10.4 Å². The zero-order valence-corrected chi connectivity index (χ0v) is 13.3. The fourth-order valence-electron chi connectivity index (χ4n) is 1.76. The second-order valence-corrected chi connectivity index (χ2v) is 6.07. The highest BCUT2D eigenvalue weighted by Gasteiger charge is 2.35. The van der Waals surface area contributed by atoms with Gasteiger partial charge >= 0.3 is 0 Å². The predicted molar refractivity (Wildman–Crippen MR) is 78.6 cm³/mol. The minimum atomic E-state index is -0.825. The number of carbonyl (C=O) groups is 1. The van der Waals surface area contributed by atoms with Crippen molar-refractivity contribution >= 4 is 45.6 Å². The molecule has 1 atom stereocenters. The van der Waals surface area contributed by atoms with E-state index in [1.54, 1.807) is 0 Å². The summed E-state index contributed by atoms with van der Waals surface area (Å²) < 4.78 is 5.27. The van der Waals surface area contributed by atoms with Crippen LogP contribution in [0.15, 0.2) is 18.2 Å². The average Bonchev–Trinajstić information content (AvgIpc) is 2.31.